The van der Waals surface area contributed by atoms with Crippen molar-refractivity contribution in [3.05, 3.63) is 40.9 Å². The standard InChI is InChI=1S/C13H15ClO2/c1-13(2,3)10(8-12(15)16)9-6-4-5-7-11(9)14/h4-8H,1-3H3,(H,15,16)/b10-8-. The van der Waals surface area contributed by atoms with E-state index in [1.165, 1.54) is 6.08 Å². The molecular formula is C13H15ClO2. The summed E-state index contributed by atoms with van der Waals surface area (Å²) < 4.78 is 0. The van der Waals surface area contributed by atoms with Crippen molar-refractivity contribution in [3.63, 3.8) is 0 Å². The van der Waals surface area contributed by atoms with Crippen LogP contribution in [0.25, 0.3) is 5.57 Å². The van der Waals surface area contributed by atoms with Crippen LogP contribution < -0.4 is 0 Å². The molecule has 1 aromatic rings. The minimum absolute atomic E-state index is 0.261. The number of carboxylic acids is 1. The van der Waals surface area contributed by atoms with Crippen LogP contribution >= 0.6 is 11.6 Å². The summed E-state index contributed by atoms with van der Waals surface area (Å²) in [5.74, 6) is -0.954. The topological polar surface area (TPSA) is 37.3 Å². The highest BCUT2D eigenvalue weighted by Crippen LogP contribution is 2.37. The van der Waals surface area contributed by atoms with Crippen LogP contribution in [0.15, 0.2) is 30.3 Å². The number of rotatable bonds is 2. The smallest absolute Gasteiger partial charge is 0.328 e. The first-order valence-corrected chi connectivity index (χ1v) is 5.40. The summed E-state index contributed by atoms with van der Waals surface area (Å²) in [6, 6.07) is 7.27. The third-order valence-corrected chi connectivity index (χ3v) is 2.57. The Hall–Kier alpha value is -1.28. The molecule has 0 saturated heterocycles. The molecule has 0 bridgehead atoms. The maximum atomic E-state index is 10.8. The van der Waals surface area contributed by atoms with Crippen LogP contribution in [0.4, 0.5) is 0 Å². The molecule has 0 aliphatic rings. The van der Waals surface area contributed by atoms with E-state index in [4.69, 9.17) is 16.7 Å². The molecule has 0 radical (unpaired) electrons. The first kappa shape index (κ1) is 12.8. The average molecular weight is 239 g/mol. The lowest BCUT2D eigenvalue weighted by molar-refractivity contribution is -0.131. The Morgan fingerprint density at radius 3 is 2.31 bits per heavy atom. The highest BCUT2D eigenvalue weighted by atomic mass is 35.5. The number of carbonyl (C=O) groups is 1. The lowest BCUT2D eigenvalue weighted by atomic mass is 9.82. The Kier molecular flexibility index (Phi) is 3.76. The molecule has 0 atom stereocenters. The molecule has 0 aromatic heterocycles. The van der Waals surface area contributed by atoms with Gasteiger partial charge in [0.15, 0.2) is 0 Å². The highest BCUT2D eigenvalue weighted by molar-refractivity contribution is 6.32. The van der Waals surface area contributed by atoms with Gasteiger partial charge in [-0.25, -0.2) is 4.79 Å². The van der Waals surface area contributed by atoms with Crippen molar-refractivity contribution in [1.29, 1.82) is 0 Å². The Labute approximate surface area is 101 Å². The third-order valence-electron chi connectivity index (χ3n) is 2.24. The van der Waals surface area contributed by atoms with Crippen molar-refractivity contribution < 1.29 is 9.90 Å². The number of carboxylic acid groups (broad SMARTS) is 1. The van der Waals surface area contributed by atoms with Crippen LogP contribution in [0.5, 0.6) is 0 Å². The second kappa shape index (κ2) is 4.71. The lowest BCUT2D eigenvalue weighted by Crippen LogP contribution is -2.10. The first-order chi connectivity index (χ1) is 7.32. The van der Waals surface area contributed by atoms with E-state index in [1.807, 2.05) is 39.0 Å². The molecule has 0 aliphatic heterocycles. The van der Waals surface area contributed by atoms with E-state index >= 15 is 0 Å². The minimum atomic E-state index is -0.954. The van der Waals surface area contributed by atoms with E-state index in [-0.39, 0.29) is 5.41 Å². The average Bonchev–Trinajstić information content (AvgIpc) is 2.13. The van der Waals surface area contributed by atoms with Crippen LogP contribution in [0.3, 0.4) is 0 Å². The normalized spacial score (nSPS) is 12.6. The van der Waals surface area contributed by atoms with Gasteiger partial charge in [-0.3, -0.25) is 0 Å². The van der Waals surface area contributed by atoms with Crippen LogP contribution in [0, 0.1) is 5.41 Å². The Morgan fingerprint density at radius 2 is 1.88 bits per heavy atom. The summed E-state index contributed by atoms with van der Waals surface area (Å²) in [5.41, 5.74) is 1.24. The molecule has 1 rings (SSSR count). The number of allylic oxidation sites excluding steroid dienone is 1. The van der Waals surface area contributed by atoms with Crippen LogP contribution in [-0.2, 0) is 4.79 Å². The number of hydrogen-bond donors (Lipinski definition) is 1. The van der Waals surface area contributed by atoms with Crippen LogP contribution in [0.1, 0.15) is 26.3 Å². The van der Waals surface area contributed by atoms with Gasteiger partial charge >= 0.3 is 5.97 Å². The summed E-state index contributed by atoms with van der Waals surface area (Å²) in [6.45, 7) is 5.89. The van der Waals surface area contributed by atoms with Gasteiger partial charge in [0, 0.05) is 11.1 Å². The Bertz CT molecular complexity index is 428. The second-order valence-electron chi connectivity index (χ2n) is 4.63. The number of benzene rings is 1. The van der Waals surface area contributed by atoms with E-state index in [1.54, 1.807) is 6.07 Å². The summed E-state index contributed by atoms with van der Waals surface area (Å²) in [5, 5.41) is 9.45. The lowest BCUT2D eigenvalue weighted by Gasteiger charge is -2.23. The van der Waals surface area contributed by atoms with Crippen molar-refractivity contribution in [3.8, 4) is 0 Å². The monoisotopic (exact) mass is 238 g/mol. The molecule has 2 nitrogen and oxygen atoms in total. The van der Waals surface area contributed by atoms with Crippen LogP contribution in [0.2, 0.25) is 5.02 Å². The molecule has 0 aliphatic carbocycles. The van der Waals surface area contributed by atoms with Crippen molar-refractivity contribution in [2.45, 2.75) is 20.8 Å². The van der Waals surface area contributed by atoms with Crippen molar-refractivity contribution in [1.82, 2.24) is 0 Å². The minimum Gasteiger partial charge on any atom is -0.478 e. The highest BCUT2D eigenvalue weighted by Gasteiger charge is 2.21. The van der Waals surface area contributed by atoms with E-state index in [0.29, 0.717) is 5.02 Å². The third kappa shape index (κ3) is 3.11. The van der Waals surface area contributed by atoms with Crippen LogP contribution in [-0.4, -0.2) is 11.1 Å². The summed E-state index contributed by atoms with van der Waals surface area (Å²) in [4.78, 5) is 10.8. The molecule has 86 valence electrons. The zero-order valence-corrected chi connectivity index (χ0v) is 10.4. The second-order valence-corrected chi connectivity index (χ2v) is 5.03. The van der Waals surface area contributed by atoms with Gasteiger partial charge in [0.25, 0.3) is 0 Å². The molecule has 0 saturated carbocycles. The van der Waals surface area contributed by atoms with E-state index < -0.39 is 5.97 Å². The molecule has 0 amide bonds. The van der Waals surface area contributed by atoms with Gasteiger partial charge in [-0.15, -0.1) is 0 Å². The largest absolute Gasteiger partial charge is 0.478 e. The maximum Gasteiger partial charge on any atom is 0.328 e. The van der Waals surface area contributed by atoms with Gasteiger partial charge in [-0.2, -0.15) is 0 Å². The summed E-state index contributed by atoms with van der Waals surface area (Å²) in [7, 11) is 0. The first-order valence-electron chi connectivity index (χ1n) is 5.02. The van der Waals surface area contributed by atoms with Crippen molar-refractivity contribution in [2.24, 2.45) is 5.41 Å². The van der Waals surface area contributed by atoms with E-state index in [0.717, 1.165) is 11.1 Å². The summed E-state index contributed by atoms with van der Waals surface area (Å²) in [6.07, 6.45) is 1.22. The van der Waals surface area contributed by atoms with Gasteiger partial charge in [-0.05, 0) is 22.6 Å². The van der Waals surface area contributed by atoms with E-state index in [9.17, 15) is 4.79 Å². The fourth-order valence-corrected chi connectivity index (χ4v) is 1.74. The Morgan fingerprint density at radius 1 is 1.31 bits per heavy atom. The molecule has 1 aromatic carbocycles. The number of aliphatic carboxylic acids is 1. The molecule has 3 heteroatoms. The maximum absolute atomic E-state index is 10.8. The zero-order valence-electron chi connectivity index (χ0n) is 9.62. The SMILES string of the molecule is CC(C)(C)/C(=C\C(=O)O)c1ccccc1Cl. The predicted octanol–water partition coefficient (Wildman–Crippen LogP) is 3.85. The zero-order chi connectivity index (χ0) is 12.3. The van der Waals surface area contributed by atoms with Gasteiger partial charge in [0.1, 0.15) is 0 Å². The molecular weight excluding hydrogens is 224 g/mol. The molecule has 1 N–H and O–H groups in total. The van der Waals surface area contributed by atoms with Crippen molar-refractivity contribution in [2.75, 3.05) is 0 Å². The van der Waals surface area contributed by atoms with Gasteiger partial charge in [-0.1, -0.05) is 50.6 Å². The summed E-state index contributed by atoms with van der Waals surface area (Å²) >= 11 is 6.07. The molecule has 0 fully saturated rings. The fraction of sp³-hybridized carbons (Fsp3) is 0.308. The quantitative estimate of drug-likeness (QED) is 0.795. The molecule has 0 spiro atoms. The molecule has 0 heterocycles. The van der Waals surface area contributed by atoms with Gasteiger partial charge in [0.05, 0.1) is 0 Å². The molecule has 0 unspecified atom stereocenters. The number of halogens is 1. The fourth-order valence-electron chi connectivity index (χ4n) is 1.50. The van der Waals surface area contributed by atoms with Gasteiger partial charge < -0.3 is 5.11 Å². The Balaban J connectivity index is 3.34. The van der Waals surface area contributed by atoms with Gasteiger partial charge in [0.2, 0.25) is 0 Å². The van der Waals surface area contributed by atoms with Crippen molar-refractivity contribution >= 4 is 23.1 Å². The predicted molar refractivity (Wildman–Crippen MR) is 66.5 cm³/mol. The van der Waals surface area contributed by atoms with E-state index in [2.05, 4.69) is 0 Å². The number of hydrogen-bond acceptors (Lipinski definition) is 1. The molecule has 16 heavy (non-hydrogen) atoms.